The Morgan fingerprint density at radius 1 is 1.06 bits per heavy atom. The van der Waals surface area contributed by atoms with E-state index in [2.05, 4.69) is 5.32 Å². The lowest BCUT2D eigenvalue weighted by atomic mass is 10.00. The number of nitrogens with one attached hydrogen (secondary N) is 1. The molecular formula is C23H25N3O8S. The smallest absolute Gasteiger partial charge is 0.303 e. The minimum Gasteiger partial charge on any atom is -0.456 e. The summed E-state index contributed by atoms with van der Waals surface area (Å²) in [4.78, 5) is 50.3. The van der Waals surface area contributed by atoms with Gasteiger partial charge in [0.15, 0.2) is 30.0 Å². The molecule has 0 radical (unpaired) electrons. The lowest BCUT2D eigenvalue weighted by Crippen LogP contribution is -2.67. The molecule has 0 saturated carbocycles. The van der Waals surface area contributed by atoms with Crippen molar-refractivity contribution in [3.63, 3.8) is 0 Å². The molecule has 2 heterocycles. The van der Waals surface area contributed by atoms with Crippen LogP contribution in [0.3, 0.4) is 0 Å². The lowest BCUT2D eigenvalue weighted by Gasteiger charge is -2.48. The molecule has 1 fully saturated rings. The van der Waals surface area contributed by atoms with Gasteiger partial charge in [-0.3, -0.25) is 24.1 Å². The molecule has 0 aromatic heterocycles. The first-order valence-electron chi connectivity index (χ1n) is 10.6. The minimum absolute atomic E-state index is 0.169. The Hall–Kier alpha value is -3.56. The lowest BCUT2D eigenvalue weighted by molar-refractivity contribution is -0.249. The molecule has 0 spiro atoms. The van der Waals surface area contributed by atoms with Gasteiger partial charge < -0.3 is 24.3 Å². The summed E-state index contributed by atoms with van der Waals surface area (Å²) in [6, 6.07) is 10.9. The zero-order valence-electron chi connectivity index (χ0n) is 19.5. The summed E-state index contributed by atoms with van der Waals surface area (Å²) in [5, 5.41) is 13.0. The highest BCUT2D eigenvalue weighted by Gasteiger charge is 2.53. The Labute approximate surface area is 206 Å². The molecule has 1 amide bonds. The number of hydrogen-bond donors (Lipinski definition) is 1. The zero-order chi connectivity index (χ0) is 25.7. The van der Waals surface area contributed by atoms with E-state index in [1.54, 1.807) is 30.5 Å². The summed E-state index contributed by atoms with van der Waals surface area (Å²) in [6.07, 6.45) is -3.18. The molecule has 0 aliphatic carbocycles. The fourth-order valence-corrected chi connectivity index (χ4v) is 4.61. The van der Waals surface area contributed by atoms with Crippen LogP contribution in [0, 0.1) is 11.3 Å². The molecule has 1 aromatic carbocycles. The van der Waals surface area contributed by atoms with Crippen LogP contribution >= 0.6 is 11.8 Å². The van der Waals surface area contributed by atoms with Gasteiger partial charge in [0.25, 0.3) is 5.91 Å². The van der Waals surface area contributed by atoms with Gasteiger partial charge in [-0.15, -0.1) is 11.8 Å². The van der Waals surface area contributed by atoms with Crippen molar-refractivity contribution in [1.82, 2.24) is 10.2 Å². The van der Waals surface area contributed by atoms with Crippen LogP contribution in [-0.2, 0) is 38.1 Å². The van der Waals surface area contributed by atoms with Crippen molar-refractivity contribution in [3.8, 4) is 6.07 Å². The Morgan fingerprint density at radius 2 is 1.66 bits per heavy atom. The second kappa shape index (κ2) is 11.2. The van der Waals surface area contributed by atoms with Gasteiger partial charge in [0.05, 0.1) is 12.3 Å². The first kappa shape index (κ1) is 26.1. The topological polar surface area (TPSA) is 144 Å². The molecule has 12 heteroatoms. The molecule has 1 aromatic rings. The number of rotatable bonds is 6. The van der Waals surface area contributed by atoms with Crippen molar-refractivity contribution < 1.29 is 38.1 Å². The predicted molar refractivity (Wildman–Crippen MR) is 123 cm³/mol. The Bertz CT molecular complexity index is 1070. The maximum absolute atomic E-state index is 13.6. The van der Waals surface area contributed by atoms with E-state index in [0.717, 1.165) is 13.8 Å². The molecule has 1 unspecified atom stereocenters. The summed E-state index contributed by atoms with van der Waals surface area (Å²) in [6.45, 7) is 3.23. The van der Waals surface area contributed by atoms with Gasteiger partial charge in [-0.05, 0) is 11.8 Å². The van der Waals surface area contributed by atoms with E-state index < -0.39 is 53.9 Å². The highest BCUT2D eigenvalue weighted by Crippen LogP contribution is 2.34. The zero-order valence-corrected chi connectivity index (χ0v) is 20.4. The van der Waals surface area contributed by atoms with E-state index in [-0.39, 0.29) is 12.2 Å². The van der Waals surface area contributed by atoms with Gasteiger partial charge in [-0.2, -0.15) is 5.26 Å². The normalized spacial score (nSPS) is 26.3. The third-order valence-electron chi connectivity index (χ3n) is 5.21. The largest absolute Gasteiger partial charge is 0.456 e. The number of nitriles is 1. The number of thioether (sulfide) groups is 1. The van der Waals surface area contributed by atoms with Crippen molar-refractivity contribution in [2.45, 2.75) is 50.8 Å². The predicted octanol–water partition coefficient (Wildman–Crippen LogP) is 1.15. The van der Waals surface area contributed by atoms with E-state index in [4.69, 9.17) is 18.9 Å². The summed E-state index contributed by atoms with van der Waals surface area (Å²) in [5.74, 6) is -2.77. The van der Waals surface area contributed by atoms with Crippen molar-refractivity contribution in [1.29, 1.82) is 5.26 Å². The summed E-state index contributed by atoms with van der Waals surface area (Å²) in [7, 11) is 0. The van der Waals surface area contributed by atoms with Crippen LogP contribution in [0.1, 0.15) is 26.3 Å². The highest BCUT2D eigenvalue weighted by atomic mass is 32.2. The minimum atomic E-state index is -1.34. The third kappa shape index (κ3) is 5.75. The van der Waals surface area contributed by atoms with Gasteiger partial charge in [-0.1, -0.05) is 30.3 Å². The fourth-order valence-electron chi connectivity index (χ4n) is 3.93. The molecule has 2 aliphatic heterocycles. The van der Waals surface area contributed by atoms with Crippen LogP contribution in [0.25, 0.3) is 5.70 Å². The number of carbonyl (C=O) groups excluding carboxylic acids is 4. The van der Waals surface area contributed by atoms with Gasteiger partial charge in [0.2, 0.25) is 0 Å². The SMILES string of the molecule is CSC1NC(c2ccccc2)=C(C#N)C(=O)N1[C@H]1OC[C@H](OC(C)=O)[C@H](OC(C)=O)[C@@H]1OC(C)=O. The molecule has 1 saturated heterocycles. The maximum atomic E-state index is 13.6. The Balaban J connectivity index is 2.06. The van der Waals surface area contributed by atoms with E-state index >= 15 is 0 Å². The van der Waals surface area contributed by atoms with Crippen LogP contribution in [0.4, 0.5) is 0 Å². The van der Waals surface area contributed by atoms with Crippen molar-refractivity contribution in [2.75, 3.05) is 12.9 Å². The van der Waals surface area contributed by atoms with Crippen LogP contribution in [0.2, 0.25) is 0 Å². The second-order valence-electron chi connectivity index (χ2n) is 7.69. The average molecular weight is 504 g/mol. The van der Waals surface area contributed by atoms with E-state index in [1.165, 1.54) is 23.6 Å². The molecule has 3 rings (SSSR count). The molecule has 0 bridgehead atoms. The molecule has 2 aliphatic rings. The second-order valence-corrected chi connectivity index (χ2v) is 8.61. The number of nitrogens with zero attached hydrogens (tertiary/aromatic N) is 2. The van der Waals surface area contributed by atoms with Crippen molar-refractivity contribution in [2.24, 2.45) is 0 Å². The van der Waals surface area contributed by atoms with Gasteiger partial charge >= 0.3 is 17.9 Å². The molecule has 11 nitrogen and oxygen atoms in total. The first-order valence-corrected chi connectivity index (χ1v) is 11.9. The average Bonchev–Trinajstić information content (AvgIpc) is 2.80. The number of hydrogen-bond acceptors (Lipinski definition) is 11. The van der Waals surface area contributed by atoms with Crippen LogP contribution in [0.15, 0.2) is 35.9 Å². The highest BCUT2D eigenvalue weighted by molar-refractivity contribution is 7.99. The van der Waals surface area contributed by atoms with Gasteiger partial charge in [0, 0.05) is 20.8 Å². The van der Waals surface area contributed by atoms with Crippen molar-refractivity contribution >= 4 is 41.3 Å². The van der Waals surface area contributed by atoms with E-state index in [0.29, 0.717) is 11.3 Å². The number of amides is 1. The maximum Gasteiger partial charge on any atom is 0.303 e. The third-order valence-corrected chi connectivity index (χ3v) is 6.01. The summed E-state index contributed by atoms with van der Waals surface area (Å²) in [5.41, 5.74) is 0.0896. The molecule has 5 atom stereocenters. The first-order chi connectivity index (χ1) is 16.7. The van der Waals surface area contributed by atoms with Gasteiger partial charge in [-0.25, -0.2) is 0 Å². The van der Waals surface area contributed by atoms with E-state index in [1.807, 2.05) is 12.1 Å². The fraction of sp³-hybridized carbons (Fsp3) is 0.435. The monoisotopic (exact) mass is 503 g/mol. The number of benzene rings is 1. The number of carbonyl (C=O) groups is 4. The van der Waals surface area contributed by atoms with Crippen LogP contribution in [0.5, 0.6) is 0 Å². The summed E-state index contributed by atoms with van der Waals surface area (Å²) >= 11 is 1.25. The Kier molecular flexibility index (Phi) is 8.37. The molecule has 1 N–H and O–H groups in total. The molecule has 186 valence electrons. The quantitative estimate of drug-likeness (QED) is 0.441. The number of esters is 3. The Morgan fingerprint density at radius 3 is 2.20 bits per heavy atom. The van der Waals surface area contributed by atoms with Crippen molar-refractivity contribution in [3.05, 3.63) is 41.5 Å². The van der Waals surface area contributed by atoms with Crippen LogP contribution in [-0.4, -0.2) is 71.6 Å². The number of ether oxygens (including phenoxy) is 4. The summed E-state index contributed by atoms with van der Waals surface area (Å²) < 4.78 is 21.9. The molecule has 35 heavy (non-hydrogen) atoms. The molecular weight excluding hydrogens is 478 g/mol. The van der Waals surface area contributed by atoms with Gasteiger partial charge in [0.1, 0.15) is 11.6 Å². The van der Waals surface area contributed by atoms with E-state index in [9.17, 15) is 24.4 Å². The van der Waals surface area contributed by atoms with Crippen LogP contribution < -0.4 is 5.32 Å². The standard InChI is InChI=1S/C23H25N3O8S/c1-12(27)32-17-11-31-22(20(34-14(3)29)19(17)33-13(2)28)26-21(30)16(10-24)18(25-23(26)35-4)15-8-6-5-7-9-15/h5-9,17,19-20,22-23,25H,11H2,1-4H3/t17-,19-,20-,22-,23?/m0/s1.